The summed E-state index contributed by atoms with van der Waals surface area (Å²) in [7, 11) is 0. The first-order valence-electron chi connectivity index (χ1n) is 9.76. The number of hydrogen-bond acceptors (Lipinski definition) is 4. The standard InChI is InChI=1S/C22H25Cl2N3O4/c1-13(2)20(28)27-17-7-4-15(5-8-17)22(30)26-11-10-25-21(29)14(3)31-19-9-6-16(23)12-18(19)24/h4-9,12-14H,10-11H2,1-3H3,(H,25,29)(H,26,30)(H,27,28). The van der Waals surface area contributed by atoms with Crippen molar-refractivity contribution in [1.29, 1.82) is 0 Å². The van der Waals surface area contributed by atoms with Crippen molar-refractivity contribution in [3.05, 3.63) is 58.1 Å². The molecule has 2 aromatic rings. The van der Waals surface area contributed by atoms with Crippen LogP contribution < -0.4 is 20.7 Å². The third-order valence-corrected chi connectivity index (χ3v) is 4.75. The molecule has 2 aromatic carbocycles. The lowest BCUT2D eigenvalue weighted by Crippen LogP contribution is -2.40. The van der Waals surface area contributed by atoms with Gasteiger partial charge in [-0.15, -0.1) is 0 Å². The Morgan fingerprint density at radius 1 is 0.903 bits per heavy atom. The van der Waals surface area contributed by atoms with Crippen molar-refractivity contribution in [1.82, 2.24) is 10.6 Å². The molecule has 0 aromatic heterocycles. The van der Waals surface area contributed by atoms with Crippen molar-refractivity contribution in [2.75, 3.05) is 18.4 Å². The quantitative estimate of drug-likeness (QED) is 0.489. The van der Waals surface area contributed by atoms with Crippen LogP contribution in [0.25, 0.3) is 0 Å². The zero-order valence-corrected chi connectivity index (χ0v) is 19.0. The van der Waals surface area contributed by atoms with Crippen LogP contribution in [0.15, 0.2) is 42.5 Å². The number of halogens is 2. The van der Waals surface area contributed by atoms with E-state index in [1.54, 1.807) is 57.2 Å². The van der Waals surface area contributed by atoms with Crippen LogP contribution in [0.5, 0.6) is 5.75 Å². The summed E-state index contributed by atoms with van der Waals surface area (Å²) in [6, 6.07) is 11.3. The number of carbonyl (C=O) groups is 3. The van der Waals surface area contributed by atoms with Gasteiger partial charge in [0, 0.05) is 35.3 Å². The first-order valence-corrected chi connectivity index (χ1v) is 10.5. The summed E-state index contributed by atoms with van der Waals surface area (Å²) in [5.41, 5.74) is 1.07. The average molecular weight is 466 g/mol. The number of ether oxygens (including phenoxy) is 1. The van der Waals surface area contributed by atoms with Crippen LogP contribution >= 0.6 is 23.2 Å². The summed E-state index contributed by atoms with van der Waals surface area (Å²) in [5.74, 6) is -0.493. The van der Waals surface area contributed by atoms with Gasteiger partial charge in [0.1, 0.15) is 5.75 Å². The fraction of sp³-hybridized carbons (Fsp3) is 0.318. The molecule has 1 unspecified atom stereocenters. The zero-order chi connectivity index (χ0) is 23.0. The van der Waals surface area contributed by atoms with Gasteiger partial charge in [0.2, 0.25) is 5.91 Å². The number of amides is 3. The normalized spacial score (nSPS) is 11.5. The molecule has 0 fully saturated rings. The van der Waals surface area contributed by atoms with Gasteiger partial charge in [-0.2, -0.15) is 0 Å². The number of benzene rings is 2. The number of hydrogen-bond donors (Lipinski definition) is 3. The van der Waals surface area contributed by atoms with Gasteiger partial charge in [0.25, 0.3) is 11.8 Å². The molecule has 9 heteroatoms. The SMILES string of the molecule is CC(C)C(=O)Nc1ccc(C(=O)NCCNC(=O)C(C)Oc2ccc(Cl)cc2Cl)cc1. The van der Waals surface area contributed by atoms with Gasteiger partial charge in [-0.1, -0.05) is 37.0 Å². The molecule has 0 spiro atoms. The van der Waals surface area contributed by atoms with Crippen molar-refractivity contribution in [2.24, 2.45) is 5.92 Å². The lowest BCUT2D eigenvalue weighted by molar-refractivity contribution is -0.127. The molecule has 0 aliphatic carbocycles. The van der Waals surface area contributed by atoms with E-state index in [2.05, 4.69) is 16.0 Å². The van der Waals surface area contributed by atoms with E-state index in [0.29, 0.717) is 27.0 Å². The van der Waals surface area contributed by atoms with Crippen LogP contribution in [-0.2, 0) is 9.59 Å². The molecule has 0 saturated carbocycles. The van der Waals surface area contributed by atoms with E-state index in [1.807, 2.05) is 0 Å². The number of carbonyl (C=O) groups excluding carboxylic acids is 3. The molecule has 31 heavy (non-hydrogen) atoms. The average Bonchev–Trinajstić information content (AvgIpc) is 2.73. The second kappa shape index (κ2) is 11.6. The molecule has 0 saturated heterocycles. The van der Waals surface area contributed by atoms with Crippen LogP contribution in [0.1, 0.15) is 31.1 Å². The first-order chi connectivity index (χ1) is 14.7. The summed E-state index contributed by atoms with van der Waals surface area (Å²) in [6.45, 7) is 5.67. The van der Waals surface area contributed by atoms with E-state index in [0.717, 1.165) is 0 Å². The fourth-order valence-corrected chi connectivity index (χ4v) is 2.87. The van der Waals surface area contributed by atoms with E-state index >= 15 is 0 Å². The Morgan fingerprint density at radius 2 is 1.55 bits per heavy atom. The summed E-state index contributed by atoms with van der Waals surface area (Å²) in [5, 5.41) is 8.95. The Kier molecular flexibility index (Phi) is 9.15. The maximum atomic E-state index is 12.2. The van der Waals surface area contributed by atoms with Crippen molar-refractivity contribution in [3.63, 3.8) is 0 Å². The van der Waals surface area contributed by atoms with Gasteiger partial charge < -0.3 is 20.7 Å². The molecule has 0 aliphatic heterocycles. The third kappa shape index (κ3) is 7.77. The van der Waals surface area contributed by atoms with Gasteiger partial charge in [0.05, 0.1) is 5.02 Å². The number of rotatable bonds is 9. The van der Waals surface area contributed by atoms with E-state index in [-0.39, 0.29) is 36.7 Å². The molecule has 0 aliphatic rings. The highest BCUT2D eigenvalue weighted by atomic mass is 35.5. The molecule has 0 heterocycles. The Morgan fingerprint density at radius 3 is 2.16 bits per heavy atom. The molecule has 2 rings (SSSR count). The monoisotopic (exact) mass is 465 g/mol. The van der Waals surface area contributed by atoms with Crippen LogP contribution in [0.2, 0.25) is 10.0 Å². The summed E-state index contributed by atoms with van der Waals surface area (Å²) in [6.07, 6.45) is -0.775. The predicted molar refractivity (Wildman–Crippen MR) is 122 cm³/mol. The Bertz CT molecular complexity index is 933. The summed E-state index contributed by atoms with van der Waals surface area (Å²) < 4.78 is 5.54. The summed E-state index contributed by atoms with van der Waals surface area (Å²) >= 11 is 11.9. The van der Waals surface area contributed by atoms with Gasteiger partial charge >= 0.3 is 0 Å². The van der Waals surface area contributed by atoms with Crippen molar-refractivity contribution < 1.29 is 19.1 Å². The summed E-state index contributed by atoms with van der Waals surface area (Å²) in [4.78, 5) is 36.1. The maximum Gasteiger partial charge on any atom is 0.260 e. The Balaban J connectivity index is 1.74. The minimum absolute atomic E-state index is 0.0931. The lowest BCUT2D eigenvalue weighted by atomic mass is 10.1. The van der Waals surface area contributed by atoms with Crippen LogP contribution in [-0.4, -0.2) is 36.9 Å². The first kappa shape index (κ1) is 24.5. The van der Waals surface area contributed by atoms with Crippen molar-refractivity contribution >= 4 is 46.6 Å². The van der Waals surface area contributed by atoms with Crippen molar-refractivity contribution in [3.8, 4) is 5.75 Å². The van der Waals surface area contributed by atoms with Crippen LogP contribution in [0.3, 0.4) is 0 Å². The molecule has 166 valence electrons. The van der Waals surface area contributed by atoms with E-state index < -0.39 is 6.10 Å². The van der Waals surface area contributed by atoms with Crippen LogP contribution in [0, 0.1) is 5.92 Å². The molecule has 3 N–H and O–H groups in total. The lowest BCUT2D eigenvalue weighted by Gasteiger charge is -2.16. The van der Waals surface area contributed by atoms with E-state index in [9.17, 15) is 14.4 Å². The van der Waals surface area contributed by atoms with Crippen molar-refractivity contribution in [2.45, 2.75) is 26.9 Å². The minimum atomic E-state index is -0.775. The predicted octanol–water partition coefficient (Wildman–Crippen LogP) is 3.90. The highest BCUT2D eigenvalue weighted by molar-refractivity contribution is 6.35. The van der Waals surface area contributed by atoms with Gasteiger partial charge in [-0.25, -0.2) is 0 Å². The molecule has 0 bridgehead atoms. The van der Waals surface area contributed by atoms with Crippen LogP contribution in [0.4, 0.5) is 5.69 Å². The second-order valence-electron chi connectivity index (χ2n) is 7.10. The van der Waals surface area contributed by atoms with Gasteiger partial charge in [0.15, 0.2) is 6.10 Å². The zero-order valence-electron chi connectivity index (χ0n) is 17.5. The van der Waals surface area contributed by atoms with E-state index in [1.165, 1.54) is 6.07 Å². The number of anilines is 1. The molecule has 7 nitrogen and oxygen atoms in total. The molecule has 0 radical (unpaired) electrons. The van der Waals surface area contributed by atoms with Gasteiger partial charge in [-0.3, -0.25) is 14.4 Å². The fourth-order valence-electron chi connectivity index (χ4n) is 2.41. The smallest absolute Gasteiger partial charge is 0.260 e. The third-order valence-electron chi connectivity index (χ3n) is 4.22. The van der Waals surface area contributed by atoms with Gasteiger partial charge in [-0.05, 0) is 49.4 Å². The highest BCUT2D eigenvalue weighted by Crippen LogP contribution is 2.28. The maximum absolute atomic E-state index is 12.2. The molecule has 3 amide bonds. The number of nitrogens with one attached hydrogen (secondary N) is 3. The molecule has 1 atom stereocenters. The topological polar surface area (TPSA) is 96.5 Å². The van der Waals surface area contributed by atoms with E-state index in [4.69, 9.17) is 27.9 Å². The Labute approximate surface area is 191 Å². The largest absolute Gasteiger partial charge is 0.479 e. The highest BCUT2D eigenvalue weighted by Gasteiger charge is 2.16. The molecular weight excluding hydrogens is 441 g/mol. The minimum Gasteiger partial charge on any atom is -0.479 e. The Hall–Kier alpha value is -2.77. The second-order valence-corrected chi connectivity index (χ2v) is 7.95. The molecular formula is C22H25Cl2N3O4.